The van der Waals surface area contributed by atoms with Gasteiger partial charge in [-0.2, -0.15) is 0 Å². The van der Waals surface area contributed by atoms with Crippen molar-refractivity contribution >= 4 is 12.8 Å². The van der Waals surface area contributed by atoms with Gasteiger partial charge in [-0.15, -0.1) is 0 Å². The summed E-state index contributed by atoms with van der Waals surface area (Å²) in [4.78, 5) is 19.6. The first-order valence-corrected chi connectivity index (χ1v) is 3.31. The van der Waals surface area contributed by atoms with E-state index in [4.69, 9.17) is 20.4 Å². The van der Waals surface area contributed by atoms with E-state index in [1.807, 2.05) is 0 Å². The second kappa shape index (κ2) is 5.60. The predicted molar refractivity (Wildman–Crippen MR) is 37.2 cm³/mol. The first-order chi connectivity index (χ1) is 6.04. The number of aliphatic hydroxyl groups is 4. The fraction of sp³-hybridized carbons (Fsp3) is 0.667. The van der Waals surface area contributed by atoms with Crippen molar-refractivity contribution in [2.45, 2.75) is 24.6 Å². The summed E-state index contributed by atoms with van der Waals surface area (Å²) in [6.07, 6.45) is -7.71. The zero-order valence-corrected chi connectivity index (χ0v) is 6.48. The Morgan fingerprint density at radius 1 is 1.00 bits per heavy atom. The quantitative estimate of drug-likeness (QED) is 0.258. The molecule has 0 radical (unpaired) electrons. The summed E-state index contributed by atoms with van der Waals surface area (Å²) in [5.41, 5.74) is 0. The molecule has 0 aliphatic carbocycles. The third-order valence-electron chi connectivity index (χ3n) is 1.33. The molecule has 0 aliphatic rings. The van der Waals surface area contributed by atoms with Crippen LogP contribution in [0.1, 0.15) is 0 Å². The van der Waals surface area contributed by atoms with Gasteiger partial charge in [-0.1, -0.05) is 0 Å². The second-order valence-electron chi connectivity index (χ2n) is 2.23. The van der Waals surface area contributed by atoms with Crippen molar-refractivity contribution in [2.24, 2.45) is 0 Å². The maximum atomic E-state index is 9.92. The van der Waals surface area contributed by atoms with Gasteiger partial charge in [0.2, 0.25) is 6.29 Å². The standard InChI is InChI=1S/C6H10O7/c7-1-3(9)4(10)5(11)6(12)13-2-8/h1-6,9-12H. The molecule has 0 amide bonds. The van der Waals surface area contributed by atoms with E-state index in [0.29, 0.717) is 0 Å². The predicted octanol–water partition coefficient (Wildman–Crippen LogP) is -3.24. The molecule has 0 aromatic rings. The van der Waals surface area contributed by atoms with Crippen LogP contribution < -0.4 is 0 Å². The fourth-order valence-corrected chi connectivity index (χ4v) is 0.589. The van der Waals surface area contributed by atoms with Gasteiger partial charge in [0.1, 0.15) is 18.3 Å². The Balaban J connectivity index is 4.14. The van der Waals surface area contributed by atoms with Crippen molar-refractivity contribution in [3.8, 4) is 0 Å². The molecule has 0 saturated heterocycles. The minimum Gasteiger partial charge on any atom is -0.435 e. The van der Waals surface area contributed by atoms with Crippen molar-refractivity contribution < 1.29 is 34.8 Å². The molecular weight excluding hydrogens is 184 g/mol. The van der Waals surface area contributed by atoms with E-state index < -0.39 is 24.6 Å². The summed E-state index contributed by atoms with van der Waals surface area (Å²) in [5.74, 6) is 0. The van der Waals surface area contributed by atoms with E-state index in [0.717, 1.165) is 0 Å². The molecule has 7 nitrogen and oxygen atoms in total. The second-order valence-corrected chi connectivity index (χ2v) is 2.23. The van der Waals surface area contributed by atoms with Crippen molar-refractivity contribution in [2.75, 3.05) is 0 Å². The molecule has 76 valence electrons. The van der Waals surface area contributed by atoms with E-state index in [9.17, 15) is 9.59 Å². The molecule has 0 rings (SSSR count). The molecule has 0 fully saturated rings. The van der Waals surface area contributed by atoms with Crippen LogP contribution in [0.15, 0.2) is 0 Å². The smallest absolute Gasteiger partial charge is 0.295 e. The Morgan fingerprint density at radius 2 is 1.54 bits per heavy atom. The van der Waals surface area contributed by atoms with Crippen LogP contribution in [0.4, 0.5) is 0 Å². The average Bonchev–Trinajstić information content (AvgIpc) is 2.14. The van der Waals surface area contributed by atoms with Crippen molar-refractivity contribution in [1.82, 2.24) is 0 Å². The minimum atomic E-state index is -1.98. The van der Waals surface area contributed by atoms with E-state index in [1.54, 1.807) is 0 Å². The third-order valence-corrected chi connectivity index (χ3v) is 1.33. The van der Waals surface area contributed by atoms with Crippen LogP contribution in [0.2, 0.25) is 0 Å². The van der Waals surface area contributed by atoms with Gasteiger partial charge in [0.15, 0.2) is 6.29 Å². The Hall–Kier alpha value is -1.02. The van der Waals surface area contributed by atoms with Gasteiger partial charge in [-0.25, -0.2) is 0 Å². The highest BCUT2D eigenvalue weighted by atomic mass is 16.6. The van der Waals surface area contributed by atoms with E-state index in [-0.39, 0.29) is 12.8 Å². The van der Waals surface area contributed by atoms with Crippen LogP contribution in [0, 0.1) is 0 Å². The molecule has 4 N–H and O–H groups in total. The molecule has 0 aliphatic heterocycles. The Morgan fingerprint density at radius 3 is 1.92 bits per heavy atom. The molecule has 0 aromatic carbocycles. The van der Waals surface area contributed by atoms with Gasteiger partial charge >= 0.3 is 0 Å². The van der Waals surface area contributed by atoms with Gasteiger partial charge in [0.05, 0.1) is 0 Å². The molecule has 0 saturated carbocycles. The lowest BCUT2D eigenvalue weighted by atomic mass is 10.1. The third kappa shape index (κ3) is 3.47. The number of carbonyl (C=O) groups is 2. The van der Waals surface area contributed by atoms with Gasteiger partial charge in [0, 0.05) is 0 Å². The molecule has 4 unspecified atom stereocenters. The zero-order valence-electron chi connectivity index (χ0n) is 6.48. The van der Waals surface area contributed by atoms with Gasteiger partial charge in [-0.3, -0.25) is 4.79 Å². The lowest BCUT2D eigenvalue weighted by molar-refractivity contribution is -0.195. The van der Waals surface area contributed by atoms with Gasteiger partial charge < -0.3 is 30.0 Å². The number of aldehydes is 1. The highest BCUT2D eigenvalue weighted by Crippen LogP contribution is 2.03. The summed E-state index contributed by atoms with van der Waals surface area (Å²) in [5, 5.41) is 35.2. The first-order valence-electron chi connectivity index (χ1n) is 3.31. The van der Waals surface area contributed by atoms with Crippen LogP contribution in [0.5, 0.6) is 0 Å². The van der Waals surface area contributed by atoms with Gasteiger partial charge in [-0.05, 0) is 0 Å². The first kappa shape index (κ1) is 12.0. The van der Waals surface area contributed by atoms with E-state index in [2.05, 4.69) is 4.74 Å². The highest BCUT2D eigenvalue weighted by molar-refractivity contribution is 5.56. The van der Waals surface area contributed by atoms with Crippen LogP contribution in [0.25, 0.3) is 0 Å². The van der Waals surface area contributed by atoms with Crippen LogP contribution in [-0.2, 0) is 14.3 Å². The normalized spacial score (nSPS) is 19.7. The number of ether oxygens (including phenoxy) is 1. The highest BCUT2D eigenvalue weighted by Gasteiger charge is 2.31. The topological polar surface area (TPSA) is 124 Å². The van der Waals surface area contributed by atoms with Crippen LogP contribution >= 0.6 is 0 Å². The lowest BCUT2D eigenvalue weighted by Gasteiger charge is -2.22. The largest absolute Gasteiger partial charge is 0.435 e. The summed E-state index contributed by atoms with van der Waals surface area (Å²) in [6.45, 7) is -0.145. The summed E-state index contributed by atoms with van der Waals surface area (Å²) in [7, 11) is 0. The van der Waals surface area contributed by atoms with Crippen LogP contribution in [-0.4, -0.2) is 57.8 Å². The Labute approximate surface area is 73.2 Å². The van der Waals surface area contributed by atoms with Crippen molar-refractivity contribution in [1.29, 1.82) is 0 Å². The molecule has 13 heavy (non-hydrogen) atoms. The molecule has 4 atom stereocenters. The number of carbonyl (C=O) groups excluding carboxylic acids is 2. The van der Waals surface area contributed by atoms with E-state index in [1.165, 1.54) is 0 Å². The lowest BCUT2D eigenvalue weighted by Crippen LogP contribution is -2.45. The summed E-state index contributed by atoms with van der Waals surface area (Å²) >= 11 is 0. The monoisotopic (exact) mass is 194 g/mol. The molecule has 7 heteroatoms. The summed E-state index contributed by atoms with van der Waals surface area (Å²) < 4.78 is 3.86. The van der Waals surface area contributed by atoms with Crippen LogP contribution in [0.3, 0.4) is 0 Å². The maximum Gasteiger partial charge on any atom is 0.295 e. The molecule has 0 heterocycles. The summed E-state index contributed by atoms with van der Waals surface area (Å²) in [6, 6.07) is 0. The SMILES string of the molecule is O=COC(O)C(O)C(O)C(O)C=O. The van der Waals surface area contributed by atoms with Crippen molar-refractivity contribution in [3.63, 3.8) is 0 Å². The molecule has 0 spiro atoms. The Bertz CT molecular complexity index is 170. The molecule has 0 aromatic heterocycles. The number of rotatable bonds is 6. The van der Waals surface area contributed by atoms with E-state index >= 15 is 0 Å². The maximum absolute atomic E-state index is 9.92. The Kier molecular flexibility index (Phi) is 5.16. The minimum absolute atomic E-state index is 0.0263. The number of aliphatic hydroxyl groups excluding tert-OH is 4. The molecular formula is C6H10O7. The molecule has 0 bridgehead atoms. The fourth-order valence-electron chi connectivity index (χ4n) is 0.589. The average molecular weight is 194 g/mol. The van der Waals surface area contributed by atoms with Crippen molar-refractivity contribution in [3.05, 3.63) is 0 Å². The zero-order chi connectivity index (χ0) is 10.4. The number of hydrogen-bond donors (Lipinski definition) is 4. The number of hydrogen-bond acceptors (Lipinski definition) is 7. The van der Waals surface area contributed by atoms with Gasteiger partial charge in [0.25, 0.3) is 6.47 Å².